The molecule has 5 N–H and O–H groups in total. The Morgan fingerprint density at radius 1 is 0.922 bits per heavy atom. The number of rotatable bonds is 19. The molecule has 6 rings (SSSR count). The van der Waals surface area contributed by atoms with Crippen LogP contribution in [0.4, 0.5) is 9.18 Å². The molecule has 0 spiro atoms. The summed E-state index contributed by atoms with van der Waals surface area (Å²) in [6, 6.07) is 16.3. The number of carbonyl (C=O) groups is 5. The number of ether oxygens (including phenoxy) is 2. The molecular weight excluding hydrogens is 860 g/mol. The van der Waals surface area contributed by atoms with Crippen molar-refractivity contribution in [3.8, 4) is 11.1 Å². The van der Waals surface area contributed by atoms with Gasteiger partial charge in [-0.3, -0.25) is 19.2 Å². The third-order valence-electron chi connectivity index (χ3n) is 11.6. The Morgan fingerprint density at radius 3 is 2.14 bits per heavy atom. The van der Waals surface area contributed by atoms with Crippen LogP contribution in [0.15, 0.2) is 72.8 Å². The lowest BCUT2D eigenvalue weighted by Gasteiger charge is -2.34. The van der Waals surface area contributed by atoms with Crippen LogP contribution in [-0.2, 0) is 46.7 Å². The van der Waals surface area contributed by atoms with E-state index in [9.17, 15) is 33.5 Å². The molecule has 1 unspecified atom stereocenters. The summed E-state index contributed by atoms with van der Waals surface area (Å²) in [7, 11) is 1.48. The second-order valence-corrected chi connectivity index (χ2v) is 18.2. The first kappa shape index (κ1) is 48.0. The summed E-state index contributed by atoms with van der Waals surface area (Å²) in [5.41, 5.74) is 6.33. The van der Waals surface area contributed by atoms with Crippen molar-refractivity contribution in [3.63, 3.8) is 0 Å². The van der Waals surface area contributed by atoms with Crippen molar-refractivity contribution in [2.24, 2.45) is 0 Å². The van der Waals surface area contributed by atoms with Crippen molar-refractivity contribution >= 4 is 64.1 Å². The minimum Gasteiger partial charge on any atom is -0.449 e. The number of hydrogen-bond donors (Lipinski definition) is 5. The number of amides is 5. The van der Waals surface area contributed by atoms with Crippen LogP contribution in [0.5, 0.6) is 0 Å². The van der Waals surface area contributed by atoms with Gasteiger partial charge >= 0.3 is 6.09 Å². The van der Waals surface area contributed by atoms with Gasteiger partial charge in [-0.15, -0.1) is 11.8 Å². The zero-order valence-electron chi connectivity index (χ0n) is 36.8. The topological polar surface area (TPSA) is 188 Å². The Balaban J connectivity index is 0.900. The maximum absolute atomic E-state index is 14.7. The molecule has 17 heteroatoms. The van der Waals surface area contributed by atoms with Gasteiger partial charge in [-0.05, 0) is 92.0 Å². The second kappa shape index (κ2) is 21.0. The number of aliphatic hydroxyl groups excluding tert-OH is 1. The van der Waals surface area contributed by atoms with E-state index >= 15 is 0 Å². The zero-order chi connectivity index (χ0) is 46.3. The van der Waals surface area contributed by atoms with E-state index in [1.165, 1.54) is 43.7 Å². The first-order valence-corrected chi connectivity index (χ1v) is 23.3. The predicted molar refractivity (Wildman–Crippen MR) is 247 cm³/mol. The first-order chi connectivity index (χ1) is 30.6. The standard InChI is InChI=1S/C47H55FN6O8S2/c1-26-19-35-38(36-21-54(45(59)27(2)22-55)47(6,61-7)41(36)53-40(35)20-39(26)48)24-63-17-12-18-64-25-49-42(56)28(3)50-43(57)29(4)51-44(58)30(5)52-46(60)62-23-37-33-15-10-8-13-31(33)32-14-9-11-16-34(32)37/h8-11,13-16,19-20,28-30,37,55H,2,12,17-18,21-25H2,1,3-7H3,(H,49,56)(H,50,57)(H,51,58)(H,52,60)/t28-,29-,30-,47?/m0/s1. The number of carbonyl (C=O) groups excluding carboxylic acids is 5. The summed E-state index contributed by atoms with van der Waals surface area (Å²) in [6.45, 7) is 11.4. The van der Waals surface area contributed by atoms with Gasteiger partial charge in [-0.25, -0.2) is 14.2 Å². The van der Waals surface area contributed by atoms with E-state index in [1.54, 1.807) is 38.6 Å². The highest BCUT2D eigenvalue weighted by atomic mass is 32.2. The smallest absolute Gasteiger partial charge is 0.407 e. The number of benzene rings is 3. The number of thioether (sulfide) groups is 2. The van der Waals surface area contributed by atoms with Gasteiger partial charge in [0.1, 0.15) is 30.5 Å². The molecule has 2 aliphatic rings. The number of methoxy groups -OCH3 is 1. The summed E-state index contributed by atoms with van der Waals surface area (Å²) in [6.07, 6.45) is 0.0585. The molecule has 0 fully saturated rings. The SMILES string of the molecule is C=C(CO)C(=O)N1Cc2c(nc3cc(F)c(C)cc3c2CSCCCSCNC(=O)[C@H](C)NC(=O)[C@H](C)NC(=O)[C@H](C)NC(=O)OCC2c3ccccc3-c3ccccc32)C1(C)OC. The molecule has 14 nitrogen and oxygen atoms in total. The minimum atomic E-state index is -1.25. The Hall–Kier alpha value is -5.49. The quantitative estimate of drug-likeness (QED) is 0.0438. The molecule has 3 aromatic carbocycles. The summed E-state index contributed by atoms with van der Waals surface area (Å²) in [5, 5.41) is 21.0. The van der Waals surface area contributed by atoms with E-state index in [0.717, 1.165) is 56.7 Å². The molecule has 0 saturated carbocycles. The van der Waals surface area contributed by atoms with Gasteiger partial charge in [0.25, 0.3) is 5.91 Å². The Morgan fingerprint density at radius 2 is 1.52 bits per heavy atom. The van der Waals surface area contributed by atoms with E-state index in [0.29, 0.717) is 28.4 Å². The average molecular weight is 915 g/mol. The molecule has 5 amide bonds. The molecule has 0 saturated heterocycles. The van der Waals surface area contributed by atoms with Crippen molar-refractivity contribution in [3.05, 3.63) is 112 Å². The molecule has 1 aliphatic heterocycles. The van der Waals surface area contributed by atoms with E-state index in [1.807, 2.05) is 48.5 Å². The maximum atomic E-state index is 14.7. The average Bonchev–Trinajstić information content (AvgIpc) is 3.77. The minimum absolute atomic E-state index is 0.0252. The Kier molecular flexibility index (Phi) is 15.7. The van der Waals surface area contributed by atoms with Crippen LogP contribution >= 0.6 is 23.5 Å². The lowest BCUT2D eigenvalue weighted by molar-refractivity contribution is -0.161. The van der Waals surface area contributed by atoms with Gasteiger partial charge in [0.05, 0.1) is 30.2 Å². The highest BCUT2D eigenvalue weighted by molar-refractivity contribution is 7.99. The van der Waals surface area contributed by atoms with Gasteiger partial charge < -0.3 is 40.7 Å². The number of aryl methyl sites for hydroxylation is 1. The van der Waals surface area contributed by atoms with Crippen molar-refractivity contribution in [1.82, 2.24) is 31.2 Å². The lowest BCUT2D eigenvalue weighted by Crippen LogP contribution is -2.54. The van der Waals surface area contributed by atoms with Crippen LogP contribution in [0.2, 0.25) is 0 Å². The van der Waals surface area contributed by atoms with Crippen LogP contribution in [0, 0.1) is 12.7 Å². The van der Waals surface area contributed by atoms with Crippen molar-refractivity contribution in [2.75, 3.05) is 37.7 Å². The van der Waals surface area contributed by atoms with E-state index in [4.69, 9.17) is 14.5 Å². The number of alkyl carbamates (subject to hydrolysis) is 1. The molecule has 340 valence electrons. The number of pyridine rings is 1. The number of fused-ring (bicyclic) bond motifs is 5. The van der Waals surface area contributed by atoms with Crippen LogP contribution in [0.1, 0.15) is 73.5 Å². The monoisotopic (exact) mass is 914 g/mol. The Labute approximate surface area is 380 Å². The van der Waals surface area contributed by atoms with Crippen molar-refractivity contribution < 1.29 is 42.9 Å². The first-order valence-electron chi connectivity index (χ1n) is 21.0. The van der Waals surface area contributed by atoms with Crippen LogP contribution in [0.3, 0.4) is 0 Å². The third kappa shape index (κ3) is 10.4. The van der Waals surface area contributed by atoms with Crippen LogP contribution in [0.25, 0.3) is 22.0 Å². The fraction of sp³-hybridized carbons (Fsp3) is 0.404. The molecule has 1 aromatic heterocycles. The largest absolute Gasteiger partial charge is 0.449 e. The normalized spacial score (nSPS) is 16.5. The van der Waals surface area contributed by atoms with Gasteiger partial charge in [0.15, 0.2) is 5.72 Å². The lowest BCUT2D eigenvalue weighted by atomic mass is 9.98. The third-order valence-corrected chi connectivity index (χ3v) is 13.6. The molecule has 0 radical (unpaired) electrons. The number of nitrogens with zero attached hydrogens (tertiary/aromatic N) is 2. The fourth-order valence-corrected chi connectivity index (χ4v) is 9.81. The number of nitrogens with one attached hydrogen (secondary N) is 4. The molecular formula is C47H55FN6O8S2. The Bertz CT molecular complexity index is 2410. The summed E-state index contributed by atoms with van der Waals surface area (Å²) < 4.78 is 26.1. The molecule has 1 aliphatic carbocycles. The molecule has 2 heterocycles. The van der Waals surface area contributed by atoms with Crippen molar-refractivity contribution in [2.45, 2.75) is 83.1 Å². The second-order valence-electron chi connectivity index (χ2n) is 16.0. The van der Waals surface area contributed by atoms with Gasteiger partial charge in [-0.2, -0.15) is 11.8 Å². The van der Waals surface area contributed by atoms with Gasteiger partial charge in [-0.1, -0.05) is 55.1 Å². The molecule has 4 atom stereocenters. The van der Waals surface area contributed by atoms with Gasteiger partial charge in [0.2, 0.25) is 17.7 Å². The predicted octanol–water partition coefficient (Wildman–Crippen LogP) is 5.76. The molecule has 0 bridgehead atoms. The number of aliphatic hydroxyl groups is 1. The van der Waals surface area contributed by atoms with Gasteiger partial charge in [0, 0.05) is 41.4 Å². The van der Waals surface area contributed by atoms with Crippen LogP contribution in [-0.4, -0.2) is 101 Å². The van der Waals surface area contributed by atoms with Crippen molar-refractivity contribution in [1.29, 1.82) is 0 Å². The van der Waals surface area contributed by atoms with E-state index in [-0.39, 0.29) is 36.4 Å². The number of aromatic nitrogens is 1. The molecule has 64 heavy (non-hydrogen) atoms. The highest BCUT2D eigenvalue weighted by Crippen LogP contribution is 2.45. The zero-order valence-corrected chi connectivity index (χ0v) is 38.5. The summed E-state index contributed by atoms with van der Waals surface area (Å²) in [4.78, 5) is 70.8. The summed E-state index contributed by atoms with van der Waals surface area (Å²) >= 11 is 3.21. The highest BCUT2D eigenvalue weighted by Gasteiger charge is 2.47. The summed E-state index contributed by atoms with van der Waals surface area (Å²) in [5.74, 6) is -0.108. The number of halogens is 1. The van der Waals surface area contributed by atoms with Crippen LogP contribution < -0.4 is 21.3 Å². The molecule has 4 aromatic rings. The van der Waals surface area contributed by atoms with E-state index < -0.39 is 54.3 Å². The van der Waals surface area contributed by atoms with E-state index in [2.05, 4.69) is 27.8 Å². The number of hydrogen-bond acceptors (Lipinski definition) is 11. The fourth-order valence-electron chi connectivity index (χ4n) is 7.86. The maximum Gasteiger partial charge on any atom is 0.407 e.